The zero-order valence-corrected chi connectivity index (χ0v) is 24.7. The topological polar surface area (TPSA) is 91.0 Å². The van der Waals surface area contributed by atoms with E-state index in [2.05, 4.69) is 12.1 Å². The summed E-state index contributed by atoms with van der Waals surface area (Å²) in [7, 11) is 0. The minimum atomic E-state index is 0.506. The van der Waals surface area contributed by atoms with Crippen molar-refractivity contribution in [2.45, 2.75) is 0 Å². The molecule has 0 radical (unpaired) electrons. The van der Waals surface area contributed by atoms with Crippen molar-refractivity contribution in [1.82, 2.24) is 19.9 Å². The van der Waals surface area contributed by atoms with Gasteiger partial charge in [-0.3, -0.25) is 0 Å². The van der Waals surface area contributed by atoms with E-state index in [-0.39, 0.29) is 0 Å². The molecular weight excluding hydrogens is 584 g/mol. The van der Waals surface area contributed by atoms with Gasteiger partial charge in [-0.15, -0.1) is 0 Å². The van der Waals surface area contributed by atoms with Crippen LogP contribution in [0.4, 0.5) is 0 Å². The third-order valence-corrected chi connectivity index (χ3v) is 8.60. The van der Waals surface area contributed by atoms with E-state index in [4.69, 9.17) is 33.2 Å². The second-order valence-corrected chi connectivity index (χ2v) is 11.4. The summed E-state index contributed by atoms with van der Waals surface area (Å²) in [6.07, 6.45) is 0. The molecule has 0 aliphatic carbocycles. The summed E-state index contributed by atoms with van der Waals surface area (Å²) in [5.41, 5.74) is 7.90. The van der Waals surface area contributed by atoms with Gasteiger partial charge in [-0.2, -0.15) is 0 Å². The number of benzene rings is 6. The molecule has 0 aliphatic rings. The monoisotopic (exact) mass is 606 g/mol. The predicted octanol–water partition coefficient (Wildman–Crippen LogP) is 10.5. The van der Waals surface area contributed by atoms with Gasteiger partial charge in [0.15, 0.2) is 23.1 Å². The number of hydrogen-bond acceptors (Lipinski definition) is 7. The van der Waals surface area contributed by atoms with Crippen molar-refractivity contribution in [1.29, 1.82) is 0 Å². The molecule has 10 aromatic rings. The summed E-state index contributed by atoms with van der Waals surface area (Å²) in [5.74, 6) is 2.18. The van der Waals surface area contributed by atoms with Crippen LogP contribution in [0, 0.1) is 0 Å². The summed E-state index contributed by atoms with van der Waals surface area (Å²) in [6.45, 7) is 0. The lowest BCUT2D eigenvalue weighted by Gasteiger charge is -2.10. The Balaban J connectivity index is 1.23. The van der Waals surface area contributed by atoms with Gasteiger partial charge in [0.2, 0.25) is 5.89 Å². The lowest BCUT2D eigenvalue weighted by Crippen LogP contribution is -2.00. The van der Waals surface area contributed by atoms with Gasteiger partial charge in [-0.25, -0.2) is 19.9 Å². The second kappa shape index (κ2) is 9.95. The van der Waals surface area contributed by atoms with Crippen molar-refractivity contribution in [3.8, 4) is 45.6 Å². The predicted molar refractivity (Wildman–Crippen MR) is 184 cm³/mol. The lowest BCUT2D eigenvalue weighted by molar-refractivity contribution is 0.615. The molecule has 0 unspecified atom stereocenters. The zero-order chi connectivity index (χ0) is 30.9. The van der Waals surface area contributed by atoms with E-state index in [9.17, 15) is 0 Å². The molecular formula is C40H22N4O3. The van der Waals surface area contributed by atoms with E-state index in [0.717, 1.165) is 66.1 Å². The lowest BCUT2D eigenvalue weighted by atomic mass is 10.0. The van der Waals surface area contributed by atoms with E-state index in [1.807, 2.05) is 121 Å². The molecule has 0 saturated carbocycles. The highest BCUT2D eigenvalue weighted by Crippen LogP contribution is 2.41. The van der Waals surface area contributed by atoms with Gasteiger partial charge >= 0.3 is 0 Å². The zero-order valence-electron chi connectivity index (χ0n) is 24.7. The molecule has 4 aromatic heterocycles. The molecule has 47 heavy (non-hydrogen) atoms. The Hall–Kier alpha value is -6.60. The molecule has 0 bridgehead atoms. The Bertz CT molecular complexity index is 2780. The van der Waals surface area contributed by atoms with Gasteiger partial charge in [-0.1, -0.05) is 97.1 Å². The van der Waals surface area contributed by atoms with E-state index in [1.165, 1.54) is 0 Å². The molecule has 4 heterocycles. The molecule has 7 nitrogen and oxygen atoms in total. The van der Waals surface area contributed by atoms with Crippen LogP contribution >= 0.6 is 0 Å². The number of rotatable bonds is 4. The number of hydrogen-bond donors (Lipinski definition) is 0. The van der Waals surface area contributed by atoms with E-state index in [1.54, 1.807) is 0 Å². The fraction of sp³-hybridized carbons (Fsp3) is 0. The largest absolute Gasteiger partial charge is 0.456 e. The highest BCUT2D eigenvalue weighted by molar-refractivity contribution is 6.15. The van der Waals surface area contributed by atoms with Crippen LogP contribution in [0.3, 0.4) is 0 Å². The molecule has 0 amide bonds. The standard InChI is InChI=1S/C40H22N4O3/c1-2-11-23(12-3-1)37-42-38(26-15-9-21-32-34(26)24-13-4-6-19-30(24)45-32)44-39(43-37)27-16-10-22-33-35(27)25-14-8-17-28(36(25)46-33)40-41-29-18-5-7-20-31(29)47-40/h1-22H. The van der Waals surface area contributed by atoms with Crippen LogP contribution in [0.1, 0.15) is 0 Å². The van der Waals surface area contributed by atoms with Crippen LogP contribution in [-0.2, 0) is 0 Å². The third-order valence-electron chi connectivity index (χ3n) is 8.60. The first-order valence-corrected chi connectivity index (χ1v) is 15.3. The minimum Gasteiger partial charge on any atom is -0.456 e. The minimum absolute atomic E-state index is 0.506. The Kier molecular flexibility index (Phi) is 5.44. The summed E-state index contributed by atoms with van der Waals surface area (Å²) >= 11 is 0. The Labute approximate surface area is 266 Å². The van der Waals surface area contributed by atoms with Crippen LogP contribution in [-0.4, -0.2) is 19.9 Å². The number of fused-ring (bicyclic) bond motifs is 7. The highest BCUT2D eigenvalue weighted by Gasteiger charge is 2.22. The van der Waals surface area contributed by atoms with Crippen molar-refractivity contribution in [3.63, 3.8) is 0 Å². The number of para-hydroxylation sites is 4. The average molecular weight is 607 g/mol. The van der Waals surface area contributed by atoms with Gasteiger partial charge in [0, 0.05) is 38.2 Å². The summed E-state index contributed by atoms with van der Waals surface area (Å²) in [4.78, 5) is 20.0. The number of aromatic nitrogens is 4. The normalized spacial score (nSPS) is 11.8. The van der Waals surface area contributed by atoms with Gasteiger partial charge < -0.3 is 13.3 Å². The molecule has 7 heteroatoms. The maximum Gasteiger partial charge on any atom is 0.231 e. The van der Waals surface area contributed by atoms with Crippen molar-refractivity contribution in [2.75, 3.05) is 0 Å². The Morgan fingerprint density at radius 3 is 1.72 bits per heavy atom. The van der Waals surface area contributed by atoms with Crippen LogP contribution in [0.25, 0.3) is 101 Å². The van der Waals surface area contributed by atoms with Crippen molar-refractivity contribution >= 4 is 55.0 Å². The van der Waals surface area contributed by atoms with Gasteiger partial charge in [0.25, 0.3) is 0 Å². The first-order valence-electron chi connectivity index (χ1n) is 15.3. The number of furan rings is 2. The van der Waals surface area contributed by atoms with Crippen molar-refractivity contribution < 1.29 is 13.3 Å². The molecule has 0 atom stereocenters. The molecule has 0 N–H and O–H groups in total. The van der Waals surface area contributed by atoms with Crippen LogP contribution in [0.2, 0.25) is 0 Å². The maximum atomic E-state index is 6.54. The maximum absolute atomic E-state index is 6.54. The summed E-state index contributed by atoms with van der Waals surface area (Å²) < 4.78 is 18.9. The first-order chi connectivity index (χ1) is 23.3. The fourth-order valence-corrected chi connectivity index (χ4v) is 6.48. The van der Waals surface area contributed by atoms with Crippen molar-refractivity contribution in [2.24, 2.45) is 0 Å². The second-order valence-electron chi connectivity index (χ2n) is 11.4. The van der Waals surface area contributed by atoms with Gasteiger partial charge in [-0.05, 0) is 36.4 Å². The summed E-state index contributed by atoms with van der Waals surface area (Å²) in [5, 5.41) is 3.80. The Morgan fingerprint density at radius 1 is 0.362 bits per heavy atom. The van der Waals surface area contributed by atoms with E-state index in [0.29, 0.717) is 34.5 Å². The van der Waals surface area contributed by atoms with Crippen molar-refractivity contribution in [3.05, 3.63) is 133 Å². The fourth-order valence-electron chi connectivity index (χ4n) is 6.48. The van der Waals surface area contributed by atoms with Crippen LogP contribution < -0.4 is 0 Å². The SMILES string of the molecule is c1ccc(-c2nc(-c3cccc4oc5ccccc5c34)nc(-c3cccc4oc5c(-c6nc7ccccc7o6)cccc5c34)n2)cc1. The molecule has 0 fully saturated rings. The average Bonchev–Trinajstić information content (AvgIpc) is 3.85. The third kappa shape index (κ3) is 4.00. The number of oxazole rings is 1. The van der Waals surface area contributed by atoms with Crippen LogP contribution in [0.5, 0.6) is 0 Å². The molecule has 0 aliphatic heterocycles. The van der Waals surface area contributed by atoms with E-state index < -0.39 is 0 Å². The smallest absolute Gasteiger partial charge is 0.231 e. The first kappa shape index (κ1) is 25.7. The molecule has 6 aromatic carbocycles. The quantitative estimate of drug-likeness (QED) is 0.197. The molecule has 10 rings (SSSR count). The highest BCUT2D eigenvalue weighted by atomic mass is 16.4. The van der Waals surface area contributed by atoms with Crippen LogP contribution in [0.15, 0.2) is 147 Å². The van der Waals surface area contributed by atoms with Gasteiger partial charge in [0.1, 0.15) is 27.8 Å². The number of nitrogens with zero attached hydrogens (tertiary/aromatic N) is 4. The Morgan fingerprint density at radius 2 is 0.936 bits per heavy atom. The van der Waals surface area contributed by atoms with E-state index >= 15 is 0 Å². The van der Waals surface area contributed by atoms with Gasteiger partial charge in [0.05, 0.1) is 5.56 Å². The summed E-state index contributed by atoms with van der Waals surface area (Å²) in [6, 6.07) is 43.7. The molecule has 0 spiro atoms. The molecule has 220 valence electrons. The molecule has 0 saturated heterocycles.